The molecule has 94 valence electrons. The minimum atomic E-state index is 0.495. The largest absolute Gasteiger partial charge is 0.496 e. The number of hydrogen-bond acceptors (Lipinski definition) is 3. The molecule has 1 aromatic heterocycles. The van der Waals surface area contributed by atoms with Gasteiger partial charge < -0.3 is 10.1 Å². The third kappa shape index (κ3) is 1.78. The highest BCUT2D eigenvalue weighted by Crippen LogP contribution is 2.32. The standard InChI is InChI=1S/C14H17N3O/c1-10-4-3-5-13(14(10)18-2)11-6-16-17(9-11)12-7-15-8-12/h3-6,9,12,15H,7-8H2,1-2H3. The van der Waals surface area contributed by atoms with Crippen LogP contribution in [-0.2, 0) is 0 Å². The molecule has 0 atom stereocenters. The van der Waals surface area contributed by atoms with Crippen LogP contribution < -0.4 is 10.1 Å². The number of nitrogens with one attached hydrogen (secondary N) is 1. The summed E-state index contributed by atoms with van der Waals surface area (Å²) in [5, 5.41) is 7.70. The molecule has 0 unspecified atom stereocenters. The topological polar surface area (TPSA) is 39.1 Å². The van der Waals surface area contributed by atoms with E-state index in [0.717, 1.165) is 35.5 Å². The van der Waals surface area contributed by atoms with E-state index in [9.17, 15) is 0 Å². The Morgan fingerprint density at radius 3 is 2.89 bits per heavy atom. The van der Waals surface area contributed by atoms with Crippen LogP contribution in [-0.4, -0.2) is 30.0 Å². The summed E-state index contributed by atoms with van der Waals surface area (Å²) in [6, 6.07) is 6.68. The van der Waals surface area contributed by atoms with Gasteiger partial charge in [-0.25, -0.2) is 0 Å². The first kappa shape index (κ1) is 11.3. The second kappa shape index (κ2) is 4.46. The normalized spacial score (nSPS) is 15.4. The summed E-state index contributed by atoms with van der Waals surface area (Å²) in [4.78, 5) is 0. The average Bonchev–Trinajstić information content (AvgIpc) is 2.75. The molecule has 0 spiro atoms. The van der Waals surface area contributed by atoms with Gasteiger partial charge in [0.2, 0.25) is 0 Å². The van der Waals surface area contributed by atoms with Gasteiger partial charge in [-0.3, -0.25) is 4.68 Å². The molecule has 0 bridgehead atoms. The maximum atomic E-state index is 5.49. The molecule has 0 radical (unpaired) electrons. The molecule has 4 nitrogen and oxygen atoms in total. The van der Waals surface area contributed by atoms with Crippen molar-refractivity contribution in [1.29, 1.82) is 0 Å². The van der Waals surface area contributed by atoms with Gasteiger partial charge in [0.1, 0.15) is 5.75 Å². The molecule has 1 fully saturated rings. The van der Waals surface area contributed by atoms with Crippen LogP contribution in [0, 0.1) is 6.92 Å². The molecule has 1 aromatic carbocycles. The predicted molar refractivity (Wildman–Crippen MR) is 70.9 cm³/mol. The highest BCUT2D eigenvalue weighted by Gasteiger charge is 2.20. The van der Waals surface area contributed by atoms with Crippen molar-refractivity contribution in [2.45, 2.75) is 13.0 Å². The Bertz CT molecular complexity index is 558. The van der Waals surface area contributed by atoms with Gasteiger partial charge in [-0.2, -0.15) is 5.10 Å². The molecule has 2 aromatic rings. The van der Waals surface area contributed by atoms with Crippen LogP contribution in [0.15, 0.2) is 30.6 Å². The first-order valence-corrected chi connectivity index (χ1v) is 6.18. The van der Waals surface area contributed by atoms with E-state index in [0.29, 0.717) is 6.04 Å². The number of aryl methyl sites for hydroxylation is 1. The molecule has 0 saturated carbocycles. The highest BCUT2D eigenvalue weighted by atomic mass is 16.5. The lowest BCUT2D eigenvalue weighted by Gasteiger charge is -2.27. The SMILES string of the molecule is COc1c(C)cccc1-c1cnn(C2CNC2)c1. The van der Waals surface area contributed by atoms with Crippen molar-refractivity contribution in [1.82, 2.24) is 15.1 Å². The maximum Gasteiger partial charge on any atom is 0.129 e. The summed E-state index contributed by atoms with van der Waals surface area (Å²) in [7, 11) is 1.71. The minimum absolute atomic E-state index is 0.495. The minimum Gasteiger partial charge on any atom is -0.496 e. The van der Waals surface area contributed by atoms with E-state index in [-0.39, 0.29) is 0 Å². The molecule has 18 heavy (non-hydrogen) atoms. The summed E-state index contributed by atoms with van der Waals surface area (Å²) in [6.07, 6.45) is 4.01. The van der Waals surface area contributed by atoms with E-state index in [1.807, 2.05) is 10.9 Å². The molecule has 1 aliphatic heterocycles. The van der Waals surface area contributed by atoms with Crippen LogP contribution >= 0.6 is 0 Å². The molecule has 1 N–H and O–H groups in total. The molecular weight excluding hydrogens is 226 g/mol. The Kier molecular flexibility index (Phi) is 2.80. The quantitative estimate of drug-likeness (QED) is 0.896. The third-order valence-electron chi connectivity index (χ3n) is 3.46. The van der Waals surface area contributed by atoms with Crippen LogP contribution in [0.5, 0.6) is 5.75 Å². The first-order chi connectivity index (χ1) is 8.79. The van der Waals surface area contributed by atoms with Crippen molar-refractivity contribution in [2.75, 3.05) is 20.2 Å². The van der Waals surface area contributed by atoms with Gasteiger partial charge in [0.25, 0.3) is 0 Å². The van der Waals surface area contributed by atoms with E-state index < -0.39 is 0 Å². The molecule has 1 saturated heterocycles. The fourth-order valence-electron chi connectivity index (χ4n) is 2.29. The number of rotatable bonds is 3. The average molecular weight is 243 g/mol. The van der Waals surface area contributed by atoms with Crippen molar-refractivity contribution in [3.05, 3.63) is 36.2 Å². The number of benzene rings is 1. The number of aromatic nitrogens is 2. The van der Waals surface area contributed by atoms with Crippen molar-refractivity contribution in [2.24, 2.45) is 0 Å². The lowest BCUT2D eigenvalue weighted by atomic mass is 10.0. The fourth-order valence-corrected chi connectivity index (χ4v) is 2.29. The zero-order chi connectivity index (χ0) is 12.5. The van der Waals surface area contributed by atoms with Crippen LogP contribution in [0.2, 0.25) is 0 Å². The molecule has 1 aliphatic rings. The van der Waals surface area contributed by atoms with Crippen molar-refractivity contribution < 1.29 is 4.74 Å². The molecule has 3 rings (SSSR count). The van der Waals surface area contributed by atoms with Gasteiger partial charge >= 0.3 is 0 Å². The number of para-hydroxylation sites is 1. The molecule has 0 amide bonds. The molecular formula is C14H17N3O. The van der Waals surface area contributed by atoms with Crippen LogP contribution in [0.3, 0.4) is 0 Å². The van der Waals surface area contributed by atoms with Crippen molar-refractivity contribution >= 4 is 0 Å². The van der Waals surface area contributed by atoms with E-state index in [2.05, 4.69) is 41.7 Å². The monoisotopic (exact) mass is 243 g/mol. The van der Waals surface area contributed by atoms with Crippen molar-refractivity contribution in [3.63, 3.8) is 0 Å². The predicted octanol–water partition coefficient (Wildman–Crippen LogP) is 2.01. The Morgan fingerprint density at radius 2 is 2.22 bits per heavy atom. The summed E-state index contributed by atoms with van der Waals surface area (Å²) < 4.78 is 7.53. The van der Waals surface area contributed by atoms with Crippen LogP contribution in [0.4, 0.5) is 0 Å². The van der Waals surface area contributed by atoms with Crippen LogP contribution in [0.1, 0.15) is 11.6 Å². The lowest BCUT2D eigenvalue weighted by Crippen LogP contribution is -2.43. The Labute approximate surface area is 107 Å². The van der Waals surface area contributed by atoms with E-state index >= 15 is 0 Å². The first-order valence-electron chi connectivity index (χ1n) is 6.18. The van der Waals surface area contributed by atoms with E-state index in [1.54, 1.807) is 7.11 Å². The van der Waals surface area contributed by atoms with E-state index in [4.69, 9.17) is 4.74 Å². The Morgan fingerprint density at radius 1 is 1.39 bits per heavy atom. The smallest absolute Gasteiger partial charge is 0.129 e. The number of hydrogen-bond donors (Lipinski definition) is 1. The van der Waals surface area contributed by atoms with Gasteiger partial charge in [0.05, 0.1) is 19.3 Å². The van der Waals surface area contributed by atoms with E-state index in [1.165, 1.54) is 0 Å². The fraction of sp³-hybridized carbons (Fsp3) is 0.357. The van der Waals surface area contributed by atoms with Gasteiger partial charge in [-0.05, 0) is 12.5 Å². The number of ether oxygens (including phenoxy) is 1. The molecule has 0 aliphatic carbocycles. The number of nitrogens with zero attached hydrogens (tertiary/aromatic N) is 2. The van der Waals surface area contributed by atoms with Gasteiger partial charge in [0.15, 0.2) is 0 Å². The Hall–Kier alpha value is -1.81. The molecule has 2 heterocycles. The highest BCUT2D eigenvalue weighted by molar-refractivity contribution is 5.71. The second-order valence-electron chi connectivity index (χ2n) is 4.68. The summed E-state index contributed by atoms with van der Waals surface area (Å²) >= 11 is 0. The summed E-state index contributed by atoms with van der Waals surface area (Å²) in [6.45, 7) is 4.07. The van der Waals surface area contributed by atoms with Crippen LogP contribution in [0.25, 0.3) is 11.1 Å². The number of methoxy groups -OCH3 is 1. The molecule has 4 heteroatoms. The second-order valence-corrected chi connectivity index (χ2v) is 4.68. The summed E-state index contributed by atoms with van der Waals surface area (Å²) in [5.41, 5.74) is 3.37. The third-order valence-corrected chi connectivity index (χ3v) is 3.46. The Balaban J connectivity index is 1.98. The maximum absolute atomic E-state index is 5.49. The summed E-state index contributed by atoms with van der Waals surface area (Å²) in [5.74, 6) is 0.934. The zero-order valence-electron chi connectivity index (χ0n) is 10.7. The van der Waals surface area contributed by atoms with Crippen molar-refractivity contribution in [3.8, 4) is 16.9 Å². The lowest BCUT2D eigenvalue weighted by molar-refractivity contribution is 0.318. The zero-order valence-corrected chi connectivity index (χ0v) is 10.7. The van der Waals surface area contributed by atoms with Gasteiger partial charge in [-0.1, -0.05) is 18.2 Å². The van der Waals surface area contributed by atoms with Gasteiger partial charge in [0, 0.05) is 30.4 Å². The van der Waals surface area contributed by atoms with Gasteiger partial charge in [-0.15, -0.1) is 0 Å².